The number of aromatic nitrogens is 10. The van der Waals surface area contributed by atoms with E-state index in [0.29, 0.717) is 109 Å². The number of nitrogens with zero attached hydrogens (tertiary/aromatic N) is 14. The Labute approximate surface area is 412 Å². The number of hydrogen-bond acceptors (Lipinski definition) is 15. The van der Waals surface area contributed by atoms with Crippen molar-refractivity contribution in [3.63, 3.8) is 0 Å². The Morgan fingerprint density at radius 1 is 0.653 bits per heavy atom. The fourth-order valence-corrected chi connectivity index (χ4v) is 8.53. The summed E-state index contributed by atoms with van der Waals surface area (Å²) >= 11 is 0. The molecule has 6 aromatic heterocycles. The van der Waals surface area contributed by atoms with Crippen LogP contribution < -0.4 is 29.3 Å². The molecule has 0 saturated carbocycles. The minimum atomic E-state index is -0.602. The molecule has 8 aromatic rings. The van der Waals surface area contributed by atoms with Gasteiger partial charge >= 0.3 is 0 Å². The van der Waals surface area contributed by atoms with Crippen LogP contribution in [0.15, 0.2) is 90.7 Å². The van der Waals surface area contributed by atoms with E-state index in [0.717, 1.165) is 24.0 Å². The second-order valence-corrected chi connectivity index (χ2v) is 16.9. The van der Waals surface area contributed by atoms with E-state index in [1.54, 1.807) is 74.3 Å². The van der Waals surface area contributed by atoms with Gasteiger partial charge in [-0.2, -0.15) is 10.2 Å². The second-order valence-electron chi connectivity index (χ2n) is 16.9. The molecule has 0 N–H and O–H groups in total. The molecule has 0 aliphatic carbocycles. The number of fused-ring (bicyclic) bond motifs is 2. The first-order chi connectivity index (χ1) is 34.9. The van der Waals surface area contributed by atoms with Crippen molar-refractivity contribution < 1.29 is 37.3 Å². The first-order valence-corrected chi connectivity index (χ1v) is 23.1. The number of hydrogen-bond donors (Lipinski definition) is 0. The number of anilines is 2. The topological polar surface area (TPSA) is 198 Å². The number of rotatable bonds is 15. The molecule has 72 heavy (non-hydrogen) atoms. The van der Waals surface area contributed by atoms with Crippen molar-refractivity contribution in [1.82, 2.24) is 58.8 Å². The molecule has 2 saturated heterocycles. The van der Waals surface area contributed by atoms with Crippen LogP contribution in [0.3, 0.4) is 0 Å². The number of pyridine rings is 2. The van der Waals surface area contributed by atoms with Crippen molar-refractivity contribution in [3.8, 4) is 45.5 Å². The lowest BCUT2D eigenvalue weighted by molar-refractivity contribution is -0.128. The second kappa shape index (κ2) is 21.2. The Balaban J connectivity index is 0.000000178. The SMILES string of the molecule is COc1cc(N=c2ccc3ncc(-c4cnn(C)c4)nc3n2CCN2CCCC2=O)c(F)c(OC)c1.COc1cc(OC)c(F)c(N(CCN2CCCC2=O)c2ccc3ncc(-c4cnn(C)c4)nc3n2)c1. The standard InChI is InChI=1S/2C25H26FN7O3/c1-31-15-16(13-28-31)19-14-27-18-6-7-22(30-25(18)29-19)33(10-9-32-8-4-5-23(32)34)20-11-17(35-2)12-21(36-3)24(20)26;1-31-15-16(13-28-31)20-14-27-18-6-7-22(29-19-11-17(35-2)12-21(36-3)24(19)26)33(25(18)30-20)10-9-32-8-4-5-23(32)34/h2*6-7,11-15H,4-5,8-10H2,1-3H3. The van der Waals surface area contributed by atoms with Gasteiger partial charge in [0.05, 0.1) is 70.3 Å². The summed E-state index contributed by atoms with van der Waals surface area (Å²) in [7, 11) is 9.45. The van der Waals surface area contributed by atoms with Crippen molar-refractivity contribution in [2.75, 3.05) is 66.1 Å². The summed E-state index contributed by atoms with van der Waals surface area (Å²) in [4.78, 5) is 57.7. The molecule has 2 aliphatic heterocycles. The van der Waals surface area contributed by atoms with Crippen molar-refractivity contribution in [1.29, 1.82) is 0 Å². The number of carbonyl (C=O) groups excluding carboxylic acids is 2. The third-order valence-electron chi connectivity index (χ3n) is 12.3. The Kier molecular flexibility index (Phi) is 14.3. The molecule has 2 aromatic carbocycles. The molecule has 10 rings (SSSR count). The molecule has 0 unspecified atom stereocenters. The maximum Gasteiger partial charge on any atom is 0.222 e. The quantitative estimate of drug-likeness (QED) is 0.113. The van der Waals surface area contributed by atoms with Gasteiger partial charge in [-0.3, -0.25) is 28.9 Å². The summed E-state index contributed by atoms with van der Waals surface area (Å²) in [6.07, 6.45) is 13.2. The van der Waals surface area contributed by atoms with Crippen LogP contribution in [0, 0.1) is 11.6 Å². The molecule has 0 spiro atoms. The molecule has 372 valence electrons. The van der Waals surface area contributed by atoms with E-state index in [1.165, 1.54) is 46.6 Å². The third kappa shape index (κ3) is 10.3. The molecule has 20 nitrogen and oxygen atoms in total. The molecule has 0 atom stereocenters. The summed E-state index contributed by atoms with van der Waals surface area (Å²) in [6, 6.07) is 13.2. The zero-order valence-corrected chi connectivity index (χ0v) is 40.6. The number of likely N-dealkylation sites (tertiary alicyclic amines) is 2. The smallest absolute Gasteiger partial charge is 0.222 e. The lowest BCUT2D eigenvalue weighted by Gasteiger charge is -2.28. The fraction of sp³-hybridized carbons (Fsp3) is 0.320. The average molecular weight is 983 g/mol. The van der Waals surface area contributed by atoms with Gasteiger partial charge in [0.25, 0.3) is 0 Å². The molecular weight excluding hydrogens is 931 g/mol. The fourth-order valence-electron chi connectivity index (χ4n) is 8.53. The van der Waals surface area contributed by atoms with E-state index in [9.17, 15) is 9.59 Å². The van der Waals surface area contributed by atoms with E-state index >= 15 is 8.78 Å². The molecule has 2 amide bonds. The minimum Gasteiger partial charge on any atom is -0.497 e. The Hall–Kier alpha value is -8.56. The average Bonchev–Trinajstić information content (AvgIpc) is 4.23. The van der Waals surface area contributed by atoms with E-state index < -0.39 is 11.6 Å². The first kappa shape index (κ1) is 48.5. The van der Waals surface area contributed by atoms with Gasteiger partial charge in [-0.1, -0.05) is 0 Å². The molecule has 22 heteroatoms. The Bertz CT molecular complexity index is 3380. The van der Waals surface area contributed by atoms with E-state index in [1.807, 2.05) is 36.0 Å². The van der Waals surface area contributed by atoms with Crippen molar-refractivity contribution in [2.45, 2.75) is 32.2 Å². The summed E-state index contributed by atoms with van der Waals surface area (Å²) < 4.78 is 57.0. The van der Waals surface area contributed by atoms with E-state index in [2.05, 4.69) is 30.1 Å². The van der Waals surface area contributed by atoms with Crippen LogP contribution >= 0.6 is 0 Å². The molecule has 0 radical (unpaired) electrons. The minimum absolute atomic E-state index is 0.0294. The van der Waals surface area contributed by atoms with Gasteiger partial charge in [-0.05, 0) is 37.1 Å². The molecule has 2 fully saturated rings. The van der Waals surface area contributed by atoms with Crippen LogP contribution in [0.5, 0.6) is 23.0 Å². The number of methoxy groups -OCH3 is 4. The number of benzene rings is 2. The zero-order chi connectivity index (χ0) is 50.5. The van der Waals surface area contributed by atoms with Crippen LogP contribution in [-0.2, 0) is 30.2 Å². The van der Waals surface area contributed by atoms with E-state index in [-0.39, 0.29) is 34.7 Å². The van der Waals surface area contributed by atoms with Gasteiger partial charge in [-0.15, -0.1) is 0 Å². The summed E-state index contributed by atoms with van der Waals surface area (Å²) in [6.45, 7) is 3.02. The van der Waals surface area contributed by atoms with Crippen LogP contribution in [0.1, 0.15) is 25.7 Å². The number of aryl methyl sites for hydroxylation is 2. The van der Waals surface area contributed by atoms with Gasteiger partial charge in [0, 0.05) is 114 Å². The van der Waals surface area contributed by atoms with Crippen molar-refractivity contribution >= 4 is 51.3 Å². The monoisotopic (exact) mass is 982 g/mol. The number of ether oxygens (including phenoxy) is 4. The summed E-state index contributed by atoms with van der Waals surface area (Å²) in [5.74, 6) is 0.453. The Morgan fingerprint density at radius 3 is 1.85 bits per heavy atom. The highest BCUT2D eigenvalue weighted by Crippen LogP contribution is 2.37. The first-order valence-electron chi connectivity index (χ1n) is 23.1. The van der Waals surface area contributed by atoms with Gasteiger partial charge < -0.3 is 38.2 Å². The number of carbonyl (C=O) groups is 2. The summed E-state index contributed by atoms with van der Waals surface area (Å²) in [5, 5.41) is 8.41. The highest BCUT2D eigenvalue weighted by molar-refractivity contribution is 5.80. The predicted octanol–water partition coefficient (Wildman–Crippen LogP) is 6.19. The predicted molar refractivity (Wildman–Crippen MR) is 262 cm³/mol. The molecule has 2 aliphatic rings. The maximum atomic E-state index is 15.5. The zero-order valence-electron chi connectivity index (χ0n) is 40.6. The van der Waals surface area contributed by atoms with Gasteiger partial charge in [0.1, 0.15) is 39.5 Å². The van der Waals surface area contributed by atoms with Crippen LogP contribution in [0.4, 0.5) is 26.0 Å². The third-order valence-corrected chi connectivity index (χ3v) is 12.3. The van der Waals surface area contributed by atoms with Crippen LogP contribution in [0.25, 0.3) is 44.8 Å². The lowest BCUT2D eigenvalue weighted by Crippen LogP contribution is -2.34. The summed E-state index contributed by atoms with van der Waals surface area (Å²) in [5.41, 5.74) is 5.88. The van der Waals surface area contributed by atoms with Crippen molar-refractivity contribution in [2.24, 2.45) is 19.1 Å². The van der Waals surface area contributed by atoms with Crippen LogP contribution in [0.2, 0.25) is 0 Å². The normalized spacial score (nSPS) is 13.8. The molecule has 0 bridgehead atoms. The van der Waals surface area contributed by atoms with Gasteiger partial charge in [0.2, 0.25) is 11.8 Å². The van der Waals surface area contributed by atoms with E-state index in [4.69, 9.17) is 28.9 Å². The molecular formula is C50H52F2N14O6. The Morgan fingerprint density at radius 2 is 1.25 bits per heavy atom. The van der Waals surface area contributed by atoms with Crippen molar-refractivity contribution in [3.05, 3.63) is 103 Å². The number of amides is 2. The highest BCUT2D eigenvalue weighted by Gasteiger charge is 2.26. The van der Waals surface area contributed by atoms with Gasteiger partial charge in [-0.25, -0.2) is 28.7 Å². The number of halogens is 2. The lowest BCUT2D eigenvalue weighted by atomic mass is 10.2. The largest absolute Gasteiger partial charge is 0.497 e. The molecule has 8 heterocycles. The van der Waals surface area contributed by atoms with Crippen LogP contribution in [-0.4, -0.2) is 132 Å². The van der Waals surface area contributed by atoms with Gasteiger partial charge in [0.15, 0.2) is 34.4 Å². The highest BCUT2D eigenvalue weighted by atomic mass is 19.1. The maximum absolute atomic E-state index is 15.5.